The molecule has 0 spiro atoms. The molecule has 28 heavy (non-hydrogen) atoms. The Bertz CT molecular complexity index is 1250. The van der Waals surface area contributed by atoms with Gasteiger partial charge in [0.1, 0.15) is 0 Å². The van der Waals surface area contributed by atoms with Crippen LogP contribution in [0.2, 0.25) is 0 Å². The van der Waals surface area contributed by atoms with Crippen LogP contribution in [0.25, 0.3) is 21.7 Å². The molecule has 0 saturated carbocycles. The third-order valence-electron chi connectivity index (χ3n) is 5.28. The van der Waals surface area contributed by atoms with Crippen molar-refractivity contribution in [3.63, 3.8) is 0 Å². The Kier molecular flexibility index (Phi) is 3.62. The fourth-order valence-electron chi connectivity index (χ4n) is 3.88. The van der Waals surface area contributed by atoms with Gasteiger partial charge in [0.2, 0.25) is 0 Å². The Labute approximate surface area is 161 Å². The van der Waals surface area contributed by atoms with Crippen molar-refractivity contribution in [1.29, 1.82) is 0 Å². The van der Waals surface area contributed by atoms with Gasteiger partial charge in [0, 0.05) is 28.0 Å². The molecule has 1 aliphatic heterocycles. The van der Waals surface area contributed by atoms with Crippen LogP contribution in [-0.2, 0) is 6.42 Å². The number of nitrogens with zero attached hydrogens (tertiary/aromatic N) is 2. The summed E-state index contributed by atoms with van der Waals surface area (Å²) in [6.07, 6.45) is 4.33. The molecule has 0 unspecified atom stereocenters. The van der Waals surface area contributed by atoms with Crippen LogP contribution in [0.4, 0.5) is 0 Å². The van der Waals surface area contributed by atoms with Gasteiger partial charge in [-0.3, -0.25) is 9.59 Å². The fourth-order valence-corrected chi connectivity index (χ4v) is 3.88. The largest absolute Gasteiger partial charge is 0.360 e. The first-order chi connectivity index (χ1) is 13.7. The van der Waals surface area contributed by atoms with Crippen molar-refractivity contribution in [2.24, 2.45) is 5.10 Å². The maximum Gasteiger partial charge on any atom is 0.282 e. The zero-order chi connectivity index (χ0) is 19.3. The van der Waals surface area contributed by atoms with Gasteiger partial charge in [0.25, 0.3) is 11.8 Å². The second-order valence-corrected chi connectivity index (χ2v) is 6.81. The van der Waals surface area contributed by atoms with Gasteiger partial charge < -0.3 is 4.98 Å². The van der Waals surface area contributed by atoms with Gasteiger partial charge in [-0.05, 0) is 29.5 Å². The van der Waals surface area contributed by atoms with Crippen molar-refractivity contribution >= 4 is 39.7 Å². The number of H-pyrrole nitrogens is 1. The molecular weight excluding hydrogens is 350 g/mol. The first kappa shape index (κ1) is 16.4. The first-order valence-electron chi connectivity index (χ1n) is 9.22. The third kappa shape index (κ3) is 2.29. The molecule has 1 aromatic heterocycles. The van der Waals surface area contributed by atoms with E-state index in [1.165, 1.54) is 5.56 Å². The summed E-state index contributed by atoms with van der Waals surface area (Å²) < 4.78 is 0. The molecule has 0 radical (unpaired) electrons. The van der Waals surface area contributed by atoms with Gasteiger partial charge in [-0.1, -0.05) is 49.4 Å². The molecule has 0 aliphatic carbocycles. The highest BCUT2D eigenvalue weighted by Crippen LogP contribution is 2.30. The second kappa shape index (κ2) is 6.16. The Morgan fingerprint density at radius 2 is 1.64 bits per heavy atom. The molecule has 2 heterocycles. The van der Waals surface area contributed by atoms with Crippen molar-refractivity contribution in [3.8, 4) is 0 Å². The fraction of sp³-hybridized carbons (Fsp3) is 0.0870. The van der Waals surface area contributed by atoms with Crippen LogP contribution in [0.15, 0.2) is 65.9 Å². The molecule has 0 bridgehead atoms. The number of aromatic nitrogens is 1. The number of hydrogen-bond acceptors (Lipinski definition) is 3. The second-order valence-electron chi connectivity index (χ2n) is 6.81. The van der Waals surface area contributed by atoms with E-state index in [1.807, 2.05) is 42.6 Å². The minimum Gasteiger partial charge on any atom is -0.360 e. The SMILES string of the molecule is CCc1cccc2c(/C=N/N3C(=O)c4cccc5cccc(c45)C3=O)c[nH]c12. The monoisotopic (exact) mass is 367 g/mol. The molecule has 1 aliphatic rings. The normalized spacial score (nSPS) is 14.0. The van der Waals surface area contributed by atoms with E-state index in [0.717, 1.165) is 33.3 Å². The Morgan fingerprint density at radius 1 is 0.964 bits per heavy atom. The van der Waals surface area contributed by atoms with Crippen LogP contribution in [-0.4, -0.2) is 28.0 Å². The lowest BCUT2D eigenvalue weighted by molar-refractivity contribution is 0.0616. The molecule has 5 nitrogen and oxygen atoms in total. The zero-order valence-electron chi connectivity index (χ0n) is 15.3. The van der Waals surface area contributed by atoms with Gasteiger partial charge in [-0.25, -0.2) is 0 Å². The highest BCUT2D eigenvalue weighted by molar-refractivity contribution is 6.25. The summed E-state index contributed by atoms with van der Waals surface area (Å²) in [6, 6.07) is 17.0. The summed E-state index contributed by atoms with van der Waals surface area (Å²) in [5.41, 5.74) is 4.10. The first-order valence-corrected chi connectivity index (χ1v) is 9.22. The standard InChI is InChI=1S/C23H17N3O2/c1-2-14-6-3-9-17-16(12-24-21(14)17)13-25-26-22(27)18-10-4-7-15-8-5-11-19(20(15)18)23(26)28/h3-13,24H,2H2,1H3/b25-13+. The number of carbonyl (C=O) groups is 2. The van der Waals surface area contributed by atoms with Gasteiger partial charge in [-0.15, -0.1) is 0 Å². The number of amides is 2. The topological polar surface area (TPSA) is 65.5 Å². The summed E-state index contributed by atoms with van der Waals surface area (Å²) in [4.78, 5) is 29.1. The number of aromatic amines is 1. The average Bonchev–Trinajstić information content (AvgIpc) is 3.15. The van der Waals surface area contributed by atoms with Gasteiger partial charge in [-0.2, -0.15) is 10.1 Å². The number of aryl methyl sites for hydroxylation is 1. The molecule has 0 atom stereocenters. The molecule has 5 rings (SSSR count). The van der Waals surface area contributed by atoms with Crippen LogP contribution in [0.1, 0.15) is 38.8 Å². The van der Waals surface area contributed by atoms with Crippen LogP contribution in [0.3, 0.4) is 0 Å². The molecule has 3 aromatic carbocycles. The molecule has 4 aromatic rings. The molecule has 136 valence electrons. The predicted octanol–water partition coefficient (Wildman–Crippen LogP) is 4.51. The number of nitrogens with one attached hydrogen (secondary N) is 1. The van der Waals surface area contributed by atoms with E-state index in [0.29, 0.717) is 16.5 Å². The number of hydrogen-bond donors (Lipinski definition) is 1. The van der Waals surface area contributed by atoms with Crippen LogP contribution in [0, 0.1) is 0 Å². The summed E-state index contributed by atoms with van der Waals surface area (Å²) in [5, 5.41) is 7.82. The lowest BCUT2D eigenvalue weighted by atomic mass is 9.95. The Morgan fingerprint density at radius 3 is 2.32 bits per heavy atom. The zero-order valence-corrected chi connectivity index (χ0v) is 15.3. The minimum absolute atomic E-state index is 0.403. The van der Waals surface area contributed by atoms with Crippen LogP contribution >= 0.6 is 0 Å². The van der Waals surface area contributed by atoms with E-state index in [-0.39, 0.29) is 0 Å². The number of imide groups is 1. The molecule has 0 fully saturated rings. The van der Waals surface area contributed by atoms with Crippen molar-refractivity contribution in [2.45, 2.75) is 13.3 Å². The lowest BCUT2D eigenvalue weighted by Crippen LogP contribution is -2.36. The number of para-hydroxylation sites is 1. The van der Waals surface area contributed by atoms with Crippen molar-refractivity contribution in [3.05, 3.63) is 83.0 Å². The van der Waals surface area contributed by atoms with E-state index in [2.05, 4.69) is 23.1 Å². The number of hydrazone groups is 1. The van der Waals surface area contributed by atoms with Gasteiger partial charge >= 0.3 is 0 Å². The average molecular weight is 367 g/mol. The number of rotatable bonds is 3. The molecular formula is C23H17N3O2. The molecule has 2 amide bonds. The highest BCUT2D eigenvalue weighted by Gasteiger charge is 2.32. The maximum absolute atomic E-state index is 12.9. The summed E-state index contributed by atoms with van der Waals surface area (Å²) in [6.45, 7) is 2.10. The van der Waals surface area contributed by atoms with E-state index < -0.39 is 11.8 Å². The predicted molar refractivity (Wildman–Crippen MR) is 110 cm³/mol. The maximum atomic E-state index is 12.9. The minimum atomic E-state index is -0.403. The van der Waals surface area contributed by atoms with Gasteiger partial charge in [0.05, 0.1) is 17.3 Å². The third-order valence-corrected chi connectivity index (χ3v) is 5.28. The Hall–Kier alpha value is -3.73. The molecule has 5 heteroatoms. The highest BCUT2D eigenvalue weighted by atomic mass is 16.2. The van der Waals surface area contributed by atoms with Crippen molar-refractivity contribution in [2.75, 3.05) is 0 Å². The van der Waals surface area contributed by atoms with Crippen LogP contribution in [0.5, 0.6) is 0 Å². The van der Waals surface area contributed by atoms with E-state index in [1.54, 1.807) is 18.3 Å². The molecule has 1 N–H and O–H groups in total. The van der Waals surface area contributed by atoms with Gasteiger partial charge in [0.15, 0.2) is 0 Å². The van der Waals surface area contributed by atoms with Crippen LogP contribution < -0.4 is 0 Å². The molecule has 0 saturated heterocycles. The quantitative estimate of drug-likeness (QED) is 0.428. The van der Waals surface area contributed by atoms with E-state index in [4.69, 9.17) is 0 Å². The van der Waals surface area contributed by atoms with E-state index in [9.17, 15) is 9.59 Å². The van der Waals surface area contributed by atoms with Crippen molar-refractivity contribution in [1.82, 2.24) is 9.99 Å². The Balaban J connectivity index is 1.58. The number of fused-ring (bicyclic) bond motifs is 1. The smallest absolute Gasteiger partial charge is 0.282 e. The number of carbonyl (C=O) groups excluding carboxylic acids is 2. The summed E-state index contributed by atoms with van der Waals surface area (Å²) in [7, 11) is 0. The summed E-state index contributed by atoms with van der Waals surface area (Å²) in [5.74, 6) is -0.806. The van der Waals surface area contributed by atoms with E-state index >= 15 is 0 Å². The van der Waals surface area contributed by atoms with Crippen molar-refractivity contribution < 1.29 is 9.59 Å². The summed E-state index contributed by atoms with van der Waals surface area (Å²) >= 11 is 0. The number of benzene rings is 3. The lowest BCUT2D eigenvalue weighted by Gasteiger charge is -2.22.